The number of pyridine rings is 1. The molecule has 1 aliphatic rings. The number of hydrogen-bond donors (Lipinski definition) is 2. The molecule has 2 unspecified atom stereocenters. The van der Waals surface area contributed by atoms with Gasteiger partial charge in [0, 0.05) is 24.5 Å². The lowest BCUT2D eigenvalue weighted by Gasteiger charge is -2.30. The number of anilines is 2. The fourth-order valence-corrected chi connectivity index (χ4v) is 5.88. The summed E-state index contributed by atoms with van der Waals surface area (Å²) >= 11 is 0. The third-order valence-electron chi connectivity index (χ3n) is 6.56. The molecule has 2 atom stereocenters. The van der Waals surface area contributed by atoms with Crippen LogP contribution in [0.2, 0.25) is 0 Å². The van der Waals surface area contributed by atoms with E-state index >= 15 is 0 Å². The van der Waals surface area contributed by atoms with Crippen molar-refractivity contribution >= 4 is 32.4 Å². The second kappa shape index (κ2) is 8.89. The highest BCUT2D eigenvalue weighted by Crippen LogP contribution is 2.36. The third-order valence-corrected chi connectivity index (χ3v) is 8.70. The standard InChI is InChI=1S/C24H30N6O3S/c1-24(2,3)29(4)34(32,33)18-11-9-17(10-12-18)27-22-21-20(13-14-26-23(21)31)30(28-22)19-8-6-5-7-16(19)15-25/h9-14,16,19H,5-8H2,1-4H3,(H,26,31)(H,27,28). The van der Waals surface area contributed by atoms with Crippen LogP contribution in [0.3, 0.4) is 0 Å². The molecule has 34 heavy (non-hydrogen) atoms. The molecule has 0 saturated heterocycles. The van der Waals surface area contributed by atoms with E-state index in [9.17, 15) is 18.5 Å². The van der Waals surface area contributed by atoms with Crippen LogP contribution in [0.15, 0.2) is 46.2 Å². The molecule has 1 aliphatic carbocycles. The van der Waals surface area contributed by atoms with E-state index < -0.39 is 15.6 Å². The molecule has 0 bridgehead atoms. The van der Waals surface area contributed by atoms with Crippen LogP contribution in [0, 0.1) is 17.2 Å². The summed E-state index contributed by atoms with van der Waals surface area (Å²) in [6.07, 6.45) is 5.25. The first-order valence-corrected chi connectivity index (χ1v) is 12.8. The van der Waals surface area contributed by atoms with E-state index in [2.05, 4.69) is 16.4 Å². The Balaban J connectivity index is 1.69. The molecule has 1 fully saturated rings. The zero-order chi connectivity index (χ0) is 24.7. The topological polar surface area (TPSA) is 124 Å². The van der Waals surface area contributed by atoms with Gasteiger partial charge in [-0.15, -0.1) is 0 Å². The minimum atomic E-state index is -3.65. The van der Waals surface area contributed by atoms with Gasteiger partial charge in [-0.1, -0.05) is 12.8 Å². The van der Waals surface area contributed by atoms with Crippen LogP contribution in [-0.4, -0.2) is 40.1 Å². The Morgan fingerprint density at radius 3 is 2.50 bits per heavy atom. The van der Waals surface area contributed by atoms with E-state index in [0.717, 1.165) is 25.7 Å². The maximum atomic E-state index is 12.9. The monoisotopic (exact) mass is 482 g/mol. The summed E-state index contributed by atoms with van der Waals surface area (Å²) in [5.41, 5.74) is 0.446. The Morgan fingerprint density at radius 1 is 1.18 bits per heavy atom. The zero-order valence-electron chi connectivity index (χ0n) is 19.9. The van der Waals surface area contributed by atoms with E-state index in [1.165, 1.54) is 16.4 Å². The lowest BCUT2D eigenvalue weighted by atomic mass is 9.85. The molecule has 10 heteroatoms. The second-order valence-corrected chi connectivity index (χ2v) is 11.7. The first kappa shape index (κ1) is 24.0. The van der Waals surface area contributed by atoms with Crippen molar-refractivity contribution in [1.29, 1.82) is 5.26 Å². The molecule has 0 spiro atoms. The van der Waals surface area contributed by atoms with Crippen LogP contribution in [0.4, 0.5) is 11.5 Å². The van der Waals surface area contributed by atoms with Crippen LogP contribution >= 0.6 is 0 Å². The van der Waals surface area contributed by atoms with Crippen LogP contribution in [0.25, 0.3) is 10.9 Å². The molecule has 1 saturated carbocycles. The number of fused-ring (bicyclic) bond motifs is 1. The molecule has 1 aromatic carbocycles. The smallest absolute Gasteiger partial charge is 0.261 e. The molecular weight excluding hydrogens is 452 g/mol. The second-order valence-electron chi connectivity index (χ2n) is 9.74. The first-order valence-electron chi connectivity index (χ1n) is 11.4. The maximum Gasteiger partial charge on any atom is 0.261 e. The van der Waals surface area contributed by atoms with Gasteiger partial charge in [0.2, 0.25) is 10.0 Å². The van der Waals surface area contributed by atoms with E-state index in [1.807, 2.05) is 20.8 Å². The number of aromatic nitrogens is 3. The molecule has 2 heterocycles. The largest absolute Gasteiger partial charge is 0.338 e. The summed E-state index contributed by atoms with van der Waals surface area (Å²) in [5, 5.41) is 17.9. The molecule has 9 nitrogen and oxygen atoms in total. The number of rotatable bonds is 5. The Bertz CT molecular complexity index is 1390. The summed E-state index contributed by atoms with van der Waals surface area (Å²) in [5.74, 6) is 0.217. The number of H-pyrrole nitrogens is 1. The van der Waals surface area contributed by atoms with Crippen molar-refractivity contribution in [2.24, 2.45) is 5.92 Å². The summed E-state index contributed by atoms with van der Waals surface area (Å²) in [6.45, 7) is 5.51. The minimum absolute atomic E-state index is 0.0981. The molecule has 180 valence electrons. The van der Waals surface area contributed by atoms with Gasteiger partial charge in [0.1, 0.15) is 5.39 Å². The van der Waals surface area contributed by atoms with Gasteiger partial charge in [-0.05, 0) is 63.9 Å². The average Bonchev–Trinajstić information content (AvgIpc) is 3.17. The highest BCUT2D eigenvalue weighted by molar-refractivity contribution is 7.89. The number of nitrogens with one attached hydrogen (secondary N) is 2. The van der Waals surface area contributed by atoms with Gasteiger partial charge in [0.25, 0.3) is 5.56 Å². The Hall–Kier alpha value is -3.16. The van der Waals surface area contributed by atoms with Crippen molar-refractivity contribution in [2.45, 2.75) is 62.9 Å². The quantitative estimate of drug-likeness (QED) is 0.563. The van der Waals surface area contributed by atoms with E-state index in [0.29, 0.717) is 22.4 Å². The van der Waals surface area contributed by atoms with Gasteiger partial charge < -0.3 is 10.3 Å². The van der Waals surface area contributed by atoms with Crippen molar-refractivity contribution < 1.29 is 8.42 Å². The Kier molecular flexibility index (Phi) is 6.27. The van der Waals surface area contributed by atoms with Crippen molar-refractivity contribution in [3.8, 4) is 6.07 Å². The van der Waals surface area contributed by atoms with Crippen LogP contribution < -0.4 is 10.9 Å². The lowest BCUT2D eigenvalue weighted by molar-refractivity contribution is 0.277. The maximum absolute atomic E-state index is 12.9. The van der Waals surface area contributed by atoms with Crippen molar-refractivity contribution in [1.82, 2.24) is 19.1 Å². The summed E-state index contributed by atoms with van der Waals surface area (Å²) < 4.78 is 29.0. The van der Waals surface area contributed by atoms with Crippen molar-refractivity contribution in [3.63, 3.8) is 0 Å². The van der Waals surface area contributed by atoms with Crippen LogP contribution in [0.5, 0.6) is 0 Å². The average molecular weight is 483 g/mol. The number of nitrogens with zero attached hydrogens (tertiary/aromatic N) is 4. The molecule has 0 aliphatic heterocycles. The fourth-order valence-electron chi connectivity index (χ4n) is 4.36. The zero-order valence-corrected chi connectivity index (χ0v) is 20.7. The number of sulfonamides is 1. The highest BCUT2D eigenvalue weighted by Gasteiger charge is 2.31. The molecule has 0 amide bonds. The highest BCUT2D eigenvalue weighted by atomic mass is 32.2. The minimum Gasteiger partial charge on any atom is -0.338 e. The lowest BCUT2D eigenvalue weighted by Crippen LogP contribution is -2.42. The third kappa shape index (κ3) is 4.33. The number of nitriles is 1. The number of aromatic amines is 1. The predicted molar refractivity (Wildman–Crippen MR) is 131 cm³/mol. The van der Waals surface area contributed by atoms with E-state index in [-0.39, 0.29) is 22.4 Å². The fraction of sp³-hybridized carbons (Fsp3) is 0.458. The van der Waals surface area contributed by atoms with Gasteiger partial charge in [-0.2, -0.15) is 14.7 Å². The molecule has 2 aromatic heterocycles. The van der Waals surface area contributed by atoms with Crippen molar-refractivity contribution in [3.05, 3.63) is 46.9 Å². The Morgan fingerprint density at radius 2 is 1.85 bits per heavy atom. The van der Waals surface area contributed by atoms with Gasteiger partial charge in [0.15, 0.2) is 5.82 Å². The van der Waals surface area contributed by atoms with Crippen LogP contribution in [0.1, 0.15) is 52.5 Å². The van der Waals surface area contributed by atoms with Crippen molar-refractivity contribution in [2.75, 3.05) is 12.4 Å². The van der Waals surface area contributed by atoms with Crippen LogP contribution in [-0.2, 0) is 10.0 Å². The molecule has 0 radical (unpaired) electrons. The van der Waals surface area contributed by atoms with E-state index in [4.69, 9.17) is 5.10 Å². The summed E-state index contributed by atoms with van der Waals surface area (Å²) in [7, 11) is -2.09. The van der Waals surface area contributed by atoms with Gasteiger partial charge in [-0.25, -0.2) is 8.42 Å². The normalized spacial score (nSPS) is 19.3. The molecule has 3 aromatic rings. The molecular formula is C24H30N6O3S. The predicted octanol–water partition coefficient (Wildman–Crippen LogP) is 4.14. The molecule has 2 N–H and O–H groups in total. The van der Waals surface area contributed by atoms with Gasteiger partial charge >= 0.3 is 0 Å². The summed E-state index contributed by atoms with van der Waals surface area (Å²) in [6, 6.07) is 10.5. The summed E-state index contributed by atoms with van der Waals surface area (Å²) in [4.78, 5) is 15.6. The first-order chi connectivity index (χ1) is 16.0. The van der Waals surface area contributed by atoms with E-state index in [1.54, 1.807) is 36.1 Å². The molecule has 4 rings (SSSR count). The number of benzene rings is 1. The van der Waals surface area contributed by atoms with Gasteiger partial charge in [0.05, 0.1) is 28.4 Å². The SMILES string of the molecule is CN(C(C)(C)C)S(=O)(=O)c1ccc(Nc2nn(C3CCCCC3C#N)c3cc[nH]c(=O)c23)cc1. The number of hydrogen-bond acceptors (Lipinski definition) is 6. The Labute approximate surface area is 199 Å². The van der Waals surface area contributed by atoms with Gasteiger partial charge in [-0.3, -0.25) is 9.48 Å².